The maximum absolute atomic E-state index is 14.0. The zero-order valence-corrected chi connectivity index (χ0v) is 20.2. The second-order valence-electron chi connectivity index (χ2n) is 8.87. The van der Waals surface area contributed by atoms with Gasteiger partial charge in [-0.2, -0.15) is 0 Å². The number of hydrogen-bond acceptors (Lipinski definition) is 5. The van der Waals surface area contributed by atoms with E-state index in [0.717, 1.165) is 35.6 Å². The van der Waals surface area contributed by atoms with E-state index < -0.39 is 0 Å². The Bertz CT molecular complexity index is 1350. The fourth-order valence-corrected chi connectivity index (χ4v) is 4.55. The number of carbonyl (C=O) groups excluding carboxylic acids is 1. The number of rotatable bonds is 8. The quantitative estimate of drug-likeness (QED) is 0.403. The van der Waals surface area contributed by atoms with Gasteiger partial charge in [-0.05, 0) is 48.4 Å². The average molecular weight is 489 g/mol. The molecule has 1 aliphatic heterocycles. The van der Waals surface area contributed by atoms with Crippen molar-refractivity contribution in [3.63, 3.8) is 0 Å². The number of fused-ring (bicyclic) bond motifs is 1. The van der Waals surface area contributed by atoms with Gasteiger partial charge < -0.3 is 19.2 Å². The second-order valence-corrected chi connectivity index (χ2v) is 8.87. The predicted molar refractivity (Wildman–Crippen MR) is 135 cm³/mol. The fourth-order valence-electron chi connectivity index (χ4n) is 4.55. The Morgan fingerprint density at radius 1 is 1.14 bits per heavy atom. The predicted octanol–water partition coefficient (Wildman–Crippen LogP) is 4.16. The smallest absolute Gasteiger partial charge is 0.255 e. The largest absolute Gasteiger partial charge is 0.486 e. The second kappa shape index (κ2) is 10.9. The molecule has 0 bridgehead atoms. The molecule has 1 unspecified atom stereocenters. The normalized spacial score (nSPS) is 15.1. The zero-order chi connectivity index (χ0) is 24.9. The number of amides is 1. The summed E-state index contributed by atoms with van der Waals surface area (Å²) in [4.78, 5) is 20.1. The minimum Gasteiger partial charge on any atom is -0.486 e. The molecule has 0 aliphatic carbocycles. The molecule has 8 heteroatoms. The SMILES string of the molecule is Cc1cccn2cc(COc3ccccc3C(=O)NCC(c3cccc(F)c3)N3CCOCC3)nc12. The third-order valence-corrected chi connectivity index (χ3v) is 6.41. The number of nitrogens with zero attached hydrogens (tertiary/aromatic N) is 3. The Balaban J connectivity index is 1.29. The van der Waals surface area contributed by atoms with Gasteiger partial charge in [-0.25, -0.2) is 9.37 Å². The standard InChI is InChI=1S/C28H29FN4O3/c1-20-6-5-11-33-18-23(31-27(20)33)19-36-26-10-3-2-9-24(26)28(34)30-17-25(32-12-14-35-15-13-32)21-7-4-8-22(29)16-21/h2-11,16,18,25H,12-15,17,19H2,1H3,(H,30,34). The molecule has 2 aromatic heterocycles. The number of hydrogen-bond donors (Lipinski definition) is 1. The van der Waals surface area contributed by atoms with Crippen LogP contribution in [0.1, 0.15) is 33.2 Å². The van der Waals surface area contributed by atoms with Crippen LogP contribution in [0.5, 0.6) is 5.75 Å². The molecule has 36 heavy (non-hydrogen) atoms. The van der Waals surface area contributed by atoms with Gasteiger partial charge >= 0.3 is 0 Å². The number of benzene rings is 2. The van der Waals surface area contributed by atoms with E-state index in [0.29, 0.717) is 31.1 Å². The highest BCUT2D eigenvalue weighted by molar-refractivity contribution is 5.96. The number of morpholine rings is 1. The average Bonchev–Trinajstić information content (AvgIpc) is 3.33. The maximum atomic E-state index is 14.0. The molecule has 1 aliphatic rings. The van der Waals surface area contributed by atoms with Crippen LogP contribution in [0.15, 0.2) is 73.1 Å². The Morgan fingerprint density at radius 2 is 1.97 bits per heavy atom. The molecule has 0 spiro atoms. The molecule has 7 nitrogen and oxygen atoms in total. The van der Waals surface area contributed by atoms with Gasteiger partial charge in [0.1, 0.15) is 23.8 Å². The summed E-state index contributed by atoms with van der Waals surface area (Å²) in [5, 5.41) is 3.04. The van der Waals surface area contributed by atoms with Crippen molar-refractivity contribution in [1.82, 2.24) is 19.6 Å². The van der Waals surface area contributed by atoms with Gasteiger partial charge in [0.05, 0.1) is 30.5 Å². The fraction of sp³-hybridized carbons (Fsp3) is 0.286. The van der Waals surface area contributed by atoms with Crippen LogP contribution in [0.25, 0.3) is 5.65 Å². The number of nitrogens with one attached hydrogen (secondary N) is 1. The lowest BCUT2D eigenvalue weighted by molar-refractivity contribution is 0.0161. The number of aromatic nitrogens is 2. The highest BCUT2D eigenvalue weighted by atomic mass is 19.1. The van der Waals surface area contributed by atoms with Crippen LogP contribution >= 0.6 is 0 Å². The third kappa shape index (κ3) is 5.40. The topological polar surface area (TPSA) is 68.1 Å². The van der Waals surface area contributed by atoms with Gasteiger partial charge in [0.25, 0.3) is 5.91 Å². The van der Waals surface area contributed by atoms with Gasteiger partial charge in [-0.1, -0.05) is 30.3 Å². The molecule has 2 aromatic carbocycles. The number of imidazole rings is 1. The van der Waals surface area contributed by atoms with Crippen LogP contribution in [-0.4, -0.2) is 53.0 Å². The van der Waals surface area contributed by atoms with E-state index in [2.05, 4.69) is 15.2 Å². The minimum atomic E-state index is -0.294. The number of ether oxygens (including phenoxy) is 2. The number of halogens is 1. The van der Waals surface area contributed by atoms with Gasteiger partial charge in [0, 0.05) is 32.0 Å². The van der Waals surface area contributed by atoms with E-state index >= 15 is 0 Å². The summed E-state index contributed by atoms with van der Waals surface area (Å²) in [5.41, 5.74) is 4.00. The number of para-hydroxylation sites is 1. The molecule has 0 radical (unpaired) electrons. The lowest BCUT2D eigenvalue weighted by Crippen LogP contribution is -2.43. The molecular weight excluding hydrogens is 459 g/mol. The Kier molecular flexibility index (Phi) is 7.25. The van der Waals surface area contributed by atoms with Gasteiger partial charge in [-0.3, -0.25) is 9.69 Å². The van der Waals surface area contributed by atoms with Gasteiger partial charge in [0.2, 0.25) is 0 Å². The van der Waals surface area contributed by atoms with Gasteiger partial charge in [0.15, 0.2) is 0 Å². The summed E-state index contributed by atoms with van der Waals surface area (Å²) >= 11 is 0. The Hall–Kier alpha value is -3.75. The van der Waals surface area contributed by atoms with Crippen LogP contribution in [0.2, 0.25) is 0 Å². The first-order chi connectivity index (χ1) is 17.6. The Labute approximate surface area is 209 Å². The molecule has 1 amide bonds. The highest BCUT2D eigenvalue weighted by Crippen LogP contribution is 2.24. The molecular formula is C28H29FN4O3. The van der Waals surface area contributed by atoms with Crippen molar-refractivity contribution < 1.29 is 18.7 Å². The zero-order valence-electron chi connectivity index (χ0n) is 20.2. The summed E-state index contributed by atoms with van der Waals surface area (Å²) < 4.78 is 27.4. The lowest BCUT2D eigenvalue weighted by Gasteiger charge is -2.35. The summed E-state index contributed by atoms with van der Waals surface area (Å²) in [5.74, 6) is -0.0541. The van der Waals surface area contributed by atoms with Crippen molar-refractivity contribution in [3.05, 3.63) is 101 Å². The summed E-state index contributed by atoms with van der Waals surface area (Å²) in [6, 6.07) is 17.5. The number of pyridine rings is 1. The van der Waals surface area contributed by atoms with E-state index in [1.54, 1.807) is 18.2 Å². The first-order valence-electron chi connectivity index (χ1n) is 12.1. The first kappa shape index (κ1) is 24.0. The molecule has 4 aromatic rings. The van der Waals surface area contributed by atoms with E-state index in [1.165, 1.54) is 12.1 Å². The summed E-state index contributed by atoms with van der Waals surface area (Å²) in [6.45, 7) is 5.25. The third-order valence-electron chi connectivity index (χ3n) is 6.41. The number of aryl methyl sites for hydroxylation is 1. The van der Waals surface area contributed by atoms with Crippen molar-refractivity contribution in [2.45, 2.75) is 19.6 Å². The molecule has 0 saturated carbocycles. The Morgan fingerprint density at radius 3 is 2.78 bits per heavy atom. The summed E-state index contributed by atoms with van der Waals surface area (Å²) in [6.07, 6.45) is 3.88. The highest BCUT2D eigenvalue weighted by Gasteiger charge is 2.24. The van der Waals surface area contributed by atoms with Gasteiger partial charge in [-0.15, -0.1) is 0 Å². The van der Waals surface area contributed by atoms with E-state index in [1.807, 2.05) is 54.0 Å². The molecule has 1 saturated heterocycles. The first-order valence-corrected chi connectivity index (χ1v) is 12.1. The van der Waals surface area contributed by atoms with Crippen molar-refractivity contribution >= 4 is 11.6 Å². The van der Waals surface area contributed by atoms with Crippen LogP contribution in [0, 0.1) is 12.7 Å². The van der Waals surface area contributed by atoms with Crippen molar-refractivity contribution in [3.8, 4) is 5.75 Å². The maximum Gasteiger partial charge on any atom is 0.255 e. The lowest BCUT2D eigenvalue weighted by atomic mass is 10.0. The van der Waals surface area contributed by atoms with Crippen LogP contribution < -0.4 is 10.1 Å². The molecule has 186 valence electrons. The van der Waals surface area contributed by atoms with Crippen LogP contribution in [0.3, 0.4) is 0 Å². The summed E-state index contributed by atoms with van der Waals surface area (Å²) in [7, 11) is 0. The van der Waals surface area contributed by atoms with Crippen molar-refractivity contribution in [2.75, 3.05) is 32.8 Å². The van der Waals surface area contributed by atoms with Crippen LogP contribution in [-0.2, 0) is 11.3 Å². The molecule has 3 heterocycles. The molecule has 1 fully saturated rings. The van der Waals surface area contributed by atoms with E-state index in [-0.39, 0.29) is 24.4 Å². The minimum absolute atomic E-state index is 0.164. The van der Waals surface area contributed by atoms with Crippen molar-refractivity contribution in [1.29, 1.82) is 0 Å². The van der Waals surface area contributed by atoms with E-state index in [9.17, 15) is 9.18 Å². The molecule has 1 atom stereocenters. The van der Waals surface area contributed by atoms with Crippen molar-refractivity contribution in [2.24, 2.45) is 0 Å². The monoisotopic (exact) mass is 488 g/mol. The molecule has 1 N–H and O–H groups in total. The van der Waals surface area contributed by atoms with Crippen LogP contribution in [0.4, 0.5) is 4.39 Å². The molecule has 5 rings (SSSR count). The number of carbonyl (C=O) groups is 1. The van der Waals surface area contributed by atoms with E-state index in [4.69, 9.17) is 9.47 Å².